The minimum atomic E-state index is -1.29. The molecule has 2 aromatic carbocycles. The number of methoxy groups -OCH3 is 1. The van der Waals surface area contributed by atoms with Crippen LogP contribution in [0.5, 0.6) is 0 Å². The average molecular weight is 368 g/mol. The Morgan fingerprint density at radius 2 is 1.48 bits per heavy atom. The number of ether oxygens (including phenoxy) is 1. The number of nitrogens with one attached hydrogen (secondary N) is 2. The molecule has 27 heavy (non-hydrogen) atoms. The zero-order chi connectivity index (χ0) is 20.2. The third-order valence-electron chi connectivity index (χ3n) is 4.34. The van der Waals surface area contributed by atoms with Gasteiger partial charge in [-0.2, -0.15) is 0 Å². The zero-order valence-corrected chi connectivity index (χ0v) is 16.2. The number of aryl methyl sites for hydroxylation is 2. The van der Waals surface area contributed by atoms with Gasteiger partial charge >= 0.3 is 5.97 Å². The summed E-state index contributed by atoms with van der Waals surface area (Å²) in [6, 6.07) is 12.0. The fourth-order valence-electron chi connectivity index (χ4n) is 2.35. The molecule has 0 atom stereocenters. The Morgan fingerprint density at radius 1 is 0.889 bits per heavy atom. The highest BCUT2D eigenvalue weighted by molar-refractivity contribution is 6.14. The molecule has 0 aliphatic rings. The predicted octanol–water partition coefficient (Wildman–Crippen LogP) is 3.69. The van der Waals surface area contributed by atoms with Crippen molar-refractivity contribution >= 4 is 29.2 Å². The summed E-state index contributed by atoms with van der Waals surface area (Å²) in [6.07, 6.45) is 0. The maximum Gasteiger partial charge on any atom is 0.337 e. The van der Waals surface area contributed by atoms with Crippen LogP contribution in [0.1, 0.15) is 35.3 Å². The van der Waals surface area contributed by atoms with Gasteiger partial charge in [-0.05, 0) is 69.2 Å². The van der Waals surface area contributed by atoms with Crippen molar-refractivity contribution < 1.29 is 19.1 Å². The molecule has 142 valence electrons. The molecule has 2 N–H and O–H groups in total. The maximum absolute atomic E-state index is 12.7. The van der Waals surface area contributed by atoms with Gasteiger partial charge in [-0.25, -0.2) is 4.79 Å². The summed E-state index contributed by atoms with van der Waals surface area (Å²) >= 11 is 0. The Hall–Kier alpha value is -3.15. The highest BCUT2D eigenvalue weighted by atomic mass is 16.5. The monoisotopic (exact) mass is 368 g/mol. The fraction of sp³-hybridized carbons (Fsp3) is 0.286. The number of benzene rings is 2. The maximum atomic E-state index is 12.7. The van der Waals surface area contributed by atoms with E-state index in [0.29, 0.717) is 16.9 Å². The van der Waals surface area contributed by atoms with Crippen LogP contribution in [-0.4, -0.2) is 24.9 Å². The van der Waals surface area contributed by atoms with Gasteiger partial charge in [0.15, 0.2) is 0 Å². The third-order valence-corrected chi connectivity index (χ3v) is 4.34. The molecule has 0 radical (unpaired) electrons. The highest BCUT2D eigenvalue weighted by Gasteiger charge is 2.36. The van der Waals surface area contributed by atoms with E-state index >= 15 is 0 Å². The van der Waals surface area contributed by atoms with Crippen molar-refractivity contribution in [1.82, 2.24) is 0 Å². The van der Waals surface area contributed by atoms with E-state index in [2.05, 4.69) is 15.4 Å². The summed E-state index contributed by atoms with van der Waals surface area (Å²) in [4.78, 5) is 36.8. The topological polar surface area (TPSA) is 84.5 Å². The SMILES string of the molecule is COC(=O)c1ccc(NC(=O)C(C)(C)C(=O)Nc2cc(C)ccc2C)cc1. The summed E-state index contributed by atoms with van der Waals surface area (Å²) in [6.45, 7) is 6.95. The van der Waals surface area contributed by atoms with E-state index in [0.717, 1.165) is 11.1 Å². The van der Waals surface area contributed by atoms with Crippen molar-refractivity contribution in [2.45, 2.75) is 27.7 Å². The number of hydrogen-bond acceptors (Lipinski definition) is 4. The van der Waals surface area contributed by atoms with Crippen LogP contribution < -0.4 is 10.6 Å². The Morgan fingerprint density at radius 3 is 2.07 bits per heavy atom. The Bertz CT molecular complexity index is 870. The van der Waals surface area contributed by atoms with E-state index in [4.69, 9.17) is 0 Å². The van der Waals surface area contributed by atoms with Crippen molar-refractivity contribution in [3.8, 4) is 0 Å². The summed E-state index contributed by atoms with van der Waals surface area (Å²) in [5.74, 6) is -1.31. The molecule has 0 aromatic heterocycles. The van der Waals surface area contributed by atoms with Crippen LogP contribution in [0.3, 0.4) is 0 Å². The molecule has 0 aliphatic carbocycles. The van der Waals surface area contributed by atoms with Crippen molar-refractivity contribution in [3.63, 3.8) is 0 Å². The molecule has 6 nitrogen and oxygen atoms in total. The van der Waals surface area contributed by atoms with E-state index in [1.807, 2.05) is 32.0 Å². The molecule has 0 saturated carbocycles. The van der Waals surface area contributed by atoms with Gasteiger partial charge in [0.1, 0.15) is 5.41 Å². The lowest BCUT2D eigenvalue weighted by molar-refractivity contribution is -0.135. The second-order valence-corrected chi connectivity index (χ2v) is 6.92. The standard InChI is InChI=1S/C21H24N2O4/c1-13-6-7-14(2)17(12-13)23-20(26)21(3,4)19(25)22-16-10-8-15(9-11-16)18(24)27-5/h6-12H,1-5H3,(H,22,25)(H,23,26). The molecule has 0 unspecified atom stereocenters. The second kappa shape index (κ2) is 8.03. The quantitative estimate of drug-likeness (QED) is 0.623. The van der Waals surface area contributed by atoms with E-state index in [1.165, 1.54) is 7.11 Å². The molecule has 2 amide bonds. The number of anilines is 2. The molecule has 0 heterocycles. The molecule has 0 spiro atoms. The molecule has 2 aromatic rings. The lowest BCUT2D eigenvalue weighted by Crippen LogP contribution is -2.41. The van der Waals surface area contributed by atoms with Gasteiger partial charge in [0, 0.05) is 11.4 Å². The second-order valence-electron chi connectivity index (χ2n) is 6.92. The fourth-order valence-corrected chi connectivity index (χ4v) is 2.35. The molecule has 0 fully saturated rings. The van der Waals surface area contributed by atoms with Crippen LogP contribution >= 0.6 is 0 Å². The van der Waals surface area contributed by atoms with Crippen molar-refractivity contribution in [2.75, 3.05) is 17.7 Å². The normalized spacial score (nSPS) is 10.9. The molecular formula is C21H24N2O4. The van der Waals surface area contributed by atoms with Gasteiger partial charge in [-0.1, -0.05) is 12.1 Å². The first-order chi connectivity index (χ1) is 12.6. The first-order valence-corrected chi connectivity index (χ1v) is 8.53. The van der Waals surface area contributed by atoms with Gasteiger partial charge in [-0.15, -0.1) is 0 Å². The van der Waals surface area contributed by atoms with Gasteiger partial charge < -0.3 is 15.4 Å². The number of rotatable bonds is 5. The van der Waals surface area contributed by atoms with Gasteiger partial charge in [0.05, 0.1) is 12.7 Å². The molecule has 0 aliphatic heterocycles. The summed E-state index contributed by atoms with van der Waals surface area (Å²) < 4.78 is 4.64. The summed E-state index contributed by atoms with van der Waals surface area (Å²) in [5.41, 5.74) is 2.19. The first kappa shape index (κ1) is 20.2. The van der Waals surface area contributed by atoms with Crippen molar-refractivity contribution in [2.24, 2.45) is 5.41 Å². The molecule has 6 heteroatoms. The molecule has 0 saturated heterocycles. The number of carbonyl (C=O) groups excluding carboxylic acids is 3. The summed E-state index contributed by atoms with van der Waals surface area (Å²) in [5, 5.41) is 5.54. The van der Waals surface area contributed by atoms with Crippen LogP contribution in [0, 0.1) is 19.3 Å². The lowest BCUT2D eigenvalue weighted by atomic mass is 9.90. The first-order valence-electron chi connectivity index (χ1n) is 8.53. The molecule has 0 bridgehead atoms. The zero-order valence-electron chi connectivity index (χ0n) is 16.2. The number of carbonyl (C=O) groups is 3. The van der Waals surface area contributed by atoms with Gasteiger partial charge in [0.25, 0.3) is 0 Å². The number of amides is 2. The Labute approximate surface area is 158 Å². The Balaban J connectivity index is 2.10. The van der Waals surface area contributed by atoms with Crippen LogP contribution in [0.25, 0.3) is 0 Å². The van der Waals surface area contributed by atoms with Crippen molar-refractivity contribution in [3.05, 3.63) is 59.2 Å². The molecular weight excluding hydrogens is 344 g/mol. The summed E-state index contributed by atoms with van der Waals surface area (Å²) in [7, 11) is 1.30. The van der Waals surface area contributed by atoms with Gasteiger partial charge in [0.2, 0.25) is 11.8 Å². The van der Waals surface area contributed by atoms with Gasteiger partial charge in [-0.3, -0.25) is 9.59 Å². The highest BCUT2D eigenvalue weighted by Crippen LogP contribution is 2.24. The predicted molar refractivity (Wildman–Crippen MR) is 105 cm³/mol. The minimum Gasteiger partial charge on any atom is -0.465 e. The Kier molecular flexibility index (Phi) is 6.00. The van der Waals surface area contributed by atoms with E-state index in [9.17, 15) is 14.4 Å². The smallest absolute Gasteiger partial charge is 0.337 e. The molecule has 2 rings (SSSR count). The van der Waals surface area contributed by atoms with Crippen LogP contribution in [0.2, 0.25) is 0 Å². The van der Waals surface area contributed by atoms with Crippen molar-refractivity contribution in [1.29, 1.82) is 0 Å². The van der Waals surface area contributed by atoms with E-state index in [1.54, 1.807) is 38.1 Å². The third kappa shape index (κ3) is 4.73. The lowest BCUT2D eigenvalue weighted by Gasteiger charge is -2.23. The number of hydrogen-bond donors (Lipinski definition) is 2. The average Bonchev–Trinajstić information content (AvgIpc) is 2.64. The largest absolute Gasteiger partial charge is 0.465 e. The number of esters is 1. The van der Waals surface area contributed by atoms with Crippen LogP contribution in [-0.2, 0) is 14.3 Å². The van der Waals surface area contributed by atoms with Crippen LogP contribution in [0.4, 0.5) is 11.4 Å². The van der Waals surface area contributed by atoms with E-state index in [-0.39, 0.29) is 0 Å². The minimum absolute atomic E-state index is 0.377. The van der Waals surface area contributed by atoms with Crippen LogP contribution in [0.15, 0.2) is 42.5 Å². The van der Waals surface area contributed by atoms with E-state index < -0.39 is 23.2 Å².